The summed E-state index contributed by atoms with van der Waals surface area (Å²) < 4.78 is 21.8. The van der Waals surface area contributed by atoms with Crippen LogP contribution in [0.5, 0.6) is 5.75 Å². The summed E-state index contributed by atoms with van der Waals surface area (Å²) in [6.45, 7) is 8.17. The Morgan fingerprint density at radius 2 is 1.70 bits per heavy atom. The number of fused-ring (bicyclic) bond motifs is 6. The van der Waals surface area contributed by atoms with Crippen LogP contribution in [0, 0.1) is 17.8 Å². The van der Waals surface area contributed by atoms with Crippen molar-refractivity contribution in [3.63, 3.8) is 0 Å². The summed E-state index contributed by atoms with van der Waals surface area (Å²) in [6.07, 6.45) is 1.87. The predicted molar refractivity (Wildman–Crippen MR) is 248 cm³/mol. The molecule has 4 aromatic carbocycles. The molecule has 2 saturated heterocycles. The number of ether oxygens (including phenoxy) is 4. The molecule has 0 saturated carbocycles. The first-order valence-electron chi connectivity index (χ1n) is 22.7. The molecule has 9 rings (SSSR count). The highest BCUT2D eigenvalue weighted by Gasteiger charge is 2.43. The molecular weight excluding hydrogens is 841 g/mol. The largest absolute Gasteiger partial charge is 0.488 e. The van der Waals surface area contributed by atoms with E-state index in [1.54, 1.807) is 12.0 Å². The Morgan fingerprint density at radius 1 is 0.909 bits per heavy atom. The molecule has 3 aliphatic heterocycles. The second kappa shape index (κ2) is 18.8. The maximum atomic E-state index is 14.4. The van der Waals surface area contributed by atoms with E-state index in [0.717, 1.165) is 74.2 Å². The summed E-state index contributed by atoms with van der Waals surface area (Å²) in [5.74, 6) is 2.31. The summed E-state index contributed by atoms with van der Waals surface area (Å²) in [5.41, 5.74) is 7.20. The molecule has 0 bridgehead atoms. The fraction of sp³-hybridized carbons (Fsp3) is 0.420. The van der Waals surface area contributed by atoms with Crippen molar-refractivity contribution in [3.05, 3.63) is 102 Å². The van der Waals surface area contributed by atoms with E-state index in [-0.39, 0.29) is 23.8 Å². The third kappa shape index (κ3) is 8.56. The quantitative estimate of drug-likeness (QED) is 0.0760. The second-order valence-electron chi connectivity index (χ2n) is 18.1. The van der Waals surface area contributed by atoms with Crippen LogP contribution in [0.3, 0.4) is 0 Å². The Morgan fingerprint density at radius 3 is 2.45 bits per heavy atom. The van der Waals surface area contributed by atoms with E-state index in [9.17, 15) is 19.5 Å². The maximum Gasteiger partial charge on any atom is 0.407 e. The average Bonchev–Trinajstić information content (AvgIpc) is 4.17. The van der Waals surface area contributed by atoms with Gasteiger partial charge in [-0.1, -0.05) is 75.7 Å². The number of H-pyrrole nitrogens is 2. The smallest absolute Gasteiger partial charge is 0.407 e. The number of aliphatic hydroxyl groups is 1. The van der Waals surface area contributed by atoms with E-state index >= 15 is 0 Å². The van der Waals surface area contributed by atoms with Gasteiger partial charge in [-0.3, -0.25) is 9.69 Å². The summed E-state index contributed by atoms with van der Waals surface area (Å²) in [6, 6.07) is 21.8. The number of carbonyl (C=O) groups excluding carboxylic acids is 3. The molecule has 346 valence electrons. The number of benzene rings is 4. The third-order valence-corrected chi connectivity index (χ3v) is 13.7. The number of aliphatic hydroxyl groups excluding tert-OH is 1. The minimum absolute atomic E-state index is 0.0170. The van der Waals surface area contributed by atoms with Gasteiger partial charge in [0.1, 0.15) is 36.3 Å². The predicted octanol–water partition coefficient (Wildman–Crippen LogP) is 7.77. The molecule has 2 fully saturated rings. The number of aromatic nitrogens is 4. The summed E-state index contributed by atoms with van der Waals surface area (Å²) in [7, 11) is 4.27. The lowest BCUT2D eigenvalue weighted by Gasteiger charge is -2.36. The molecule has 16 nitrogen and oxygen atoms in total. The first-order chi connectivity index (χ1) is 32.0. The van der Waals surface area contributed by atoms with Crippen LogP contribution >= 0.6 is 0 Å². The summed E-state index contributed by atoms with van der Waals surface area (Å²) in [5, 5.41) is 19.2. The highest BCUT2D eigenvalue weighted by Crippen LogP contribution is 2.44. The molecule has 0 aliphatic carbocycles. The molecule has 0 spiro atoms. The third-order valence-electron chi connectivity index (χ3n) is 13.7. The molecule has 66 heavy (non-hydrogen) atoms. The zero-order chi connectivity index (χ0) is 46.2. The van der Waals surface area contributed by atoms with Crippen LogP contribution in [-0.2, 0) is 25.6 Å². The Labute approximate surface area is 383 Å². The molecule has 0 radical (unpaired) electrons. The number of likely N-dealkylation sites (tertiary alicyclic amines) is 2. The van der Waals surface area contributed by atoms with Crippen molar-refractivity contribution >= 4 is 39.9 Å². The number of hydrogen-bond donors (Lipinski definition) is 5. The van der Waals surface area contributed by atoms with Crippen molar-refractivity contribution < 1.29 is 38.4 Å². The van der Waals surface area contributed by atoms with Gasteiger partial charge < -0.3 is 49.6 Å². The fourth-order valence-corrected chi connectivity index (χ4v) is 10.1. The molecule has 5 N–H and O–H groups in total. The molecule has 6 aromatic rings. The Balaban J connectivity index is 0.978. The van der Waals surface area contributed by atoms with Gasteiger partial charge in [0.2, 0.25) is 0 Å². The summed E-state index contributed by atoms with van der Waals surface area (Å²) >= 11 is 0. The van der Waals surface area contributed by atoms with Crippen LogP contribution in [0.4, 0.5) is 9.59 Å². The molecule has 16 heteroatoms. The Hall–Kier alpha value is -6.49. The van der Waals surface area contributed by atoms with Crippen molar-refractivity contribution in [1.82, 2.24) is 40.4 Å². The number of nitrogens with zero attached hydrogens (tertiary/aromatic N) is 4. The van der Waals surface area contributed by atoms with Crippen molar-refractivity contribution in [2.45, 2.75) is 77.0 Å². The lowest BCUT2D eigenvalue weighted by Crippen LogP contribution is -2.54. The van der Waals surface area contributed by atoms with E-state index < -0.39 is 36.5 Å². The van der Waals surface area contributed by atoms with Crippen LogP contribution in [0.15, 0.2) is 79.0 Å². The first-order valence-corrected chi connectivity index (χ1v) is 22.7. The zero-order valence-corrected chi connectivity index (χ0v) is 38.2. The van der Waals surface area contributed by atoms with E-state index in [1.165, 1.54) is 14.2 Å². The van der Waals surface area contributed by atoms with Gasteiger partial charge in [-0.25, -0.2) is 19.6 Å². The SMILES string of the molecule is CC[C@H](C)[C@H](NC(=O)OC)C(O)N1C[C@@H](C)C[C@H]1c1ncc(-c2ccc3c(c2)COc2cc4c(ccc5[nH]c([C@@H]6C[C@H](COC)CN6C(=O)[C@H](NC(=O)OC)c6ccccc6)nc54)cc2-3)[nH]1. The topological polar surface area (TPSA) is 196 Å². The lowest BCUT2D eigenvalue weighted by molar-refractivity contribution is -0.134. The van der Waals surface area contributed by atoms with Gasteiger partial charge in [0, 0.05) is 37.1 Å². The van der Waals surface area contributed by atoms with E-state index in [1.807, 2.05) is 61.3 Å². The highest BCUT2D eigenvalue weighted by atomic mass is 16.5. The Bertz CT molecular complexity index is 2740. The number of methoxy groups -OCH3 is 3. The van der Waals surface area contributed by atoms with Crippen molar-refractivity contribution in [2.75, 3.05) is 41.0 Å². The highest BCUT2D eigenvalue weighted by molar-refractivity contribution is 6.07. The van der Waals surface area contributed by atoms with E-state index in [0.29, 0.717) is 50.0 Å². The number of alkyl carbamates (subject to hydrolysis) is 2. The molecule has 8 atom stereocenters. The number of nitrogens with one attached hydrogen (secondary N) is 4. The van der Waals surface area contributed by atoms with Gasteiger partial charge in [-0.2, -0.15) is 0 Å². The standard InChI is InChI=1S/C50H58N8O8/c1-7-28(3)42(55-49(61)64-5)47(59)57-23-27(2)17-39(57)45-51-22-38(53-45)32-13-15-34-33(19-32)26-66-41-21-35-31(20-36(34)41)14-16-37-44(35)54-46(52-37)40-18-29(25-63-4)24-58(40)48(60)43(56-50(62)65-6)30-11-9-8-10-12-30/h8-16,19-22,27-29,39-40,42-43,47,59H,7,17-18,23-26H2,1-6H3,(H,51,53)(H,52,54)(H,55,61)(H,56,62)/t27-,28-,29-,39-,40-,42-,43+,47?/m0/s1. The second-order valence-corrected chi connectivity index (χ2v) is 18.1. The van der Waals surface area contributed by atoms with Gasteiger partial charge in [0.15, 0.2) is 0 Å². The van der Waals surface area contributed by atoms with Crippen molar-refractivity contribution in [2.24, 2.45) is 17.8 Å². The first kappa shape index (κ1) is 44.7. The molecule has 3 amide bonds. The Kier molecular flexibility index (Phi) is 12.7. The monoisotopic (exact) mass is 898 g/mol. The van der Waals surface area contributed by atoms with Crippen LogP contribution in [0.2, 0.25) is 0 Å². The van der Waals surface area contributed by atoms with Gasteiger partial charge >= 0.3 is 12.2 Å². The molecule has 5 heterocycles. The van der Waals surface area contributed by atoms with Gasteiger partial charge in [0.25, 0.3) is 5.91 Å². The lowest BCUT2D eigenvalue weighted by atomic mass is 9.92. The van der Waals surface area contributed by atoms with Gasteiger partial charge in [0.05, 0.1) is 61.9 Å². The van der Waals surface area contributed by atoms with Crippen LogP contribution in [0.1, 0.15) is 80.9 Å². The number of aromatic amines is 2. The van der Waals surface area contributed by atoms with Gasteiger partial charge in [-0.05, 0) is 76.6 Å². The number of rotatable bonds is 13. The van der Waals surface area contributed by atoms with Crippen LogP contribution < -0.4 is 15.4 Å². The van der Waals surface area contributed by atoms with Crippen LogP contribution in [-0.4, -0.2) is 106 Å². The van der Waals surface area contributed by atoms with E-state index in [4.69, 9.17) is 28.9 Å². The van der Waals surface area contributed by atoms with E-state index in [2.05, 4.69) is 63.9 Å². The summed E-state index contributed by atoms with van der Waals surface area (Å²) in [4.78, 5) is 60.1. The minimum Gasteiger partial charge on any atom is -0.488 e. The minimum atomic E-state index is -0.953. The number of amides is 3. The number of hydrogen-bond acceptors (Lipinski definition) is 11. The molecular formula is C50H58N8O8. The number of carbonyl (C=O) groups is 3. The van der Waals surface area contributed by atoms with Crippen LogP contribution in [0.25, 0.3) is 44.2 Å². The average molecular weight is 899 g/mol. The number of imidazole rings is 2. The van der Waals surface area contributed by atoms with Crippen molar-refractivity contribution in [3.8, 4) is 28.1 Å². The molecule has 2 aromatic heterocycles. The normalized spacial score (nSPS) is 21.1. The fourth-order valence-electron chi connectivity index (χ4n) is 10.1. The molecule has 1 unspecified atom stereocenters. The maximum absolute atomic E-state index is 14.4. The van der Waals surface area contributed by atoms with Crippen molar-refractivity contribution in [1.29, 1.82) is 0 Å². The zero-order valence-electron chi connectivity index (χ0n) is 38.2. The van der Waals surface area contributed by atoms with Gasteiger partial charge in [-0.15, -0.1) is 0 Å². The molecule has 3 aliphatic rings.